The number of rotatable bonds is 5. The number of non-ortho nitro benzene ring substituents is 1. The molecule has 0 radical (unpaired) electrons. The quantitative estimate of drug-likeness (QED) is 0.450. The predicted octanol–water partition coefficient (Wildman–Crippen LogP) is 3.52. The van der Waals surface area contributed by atoms with E-state index in [-0.39, 0.29) is 23.0 Å². The van der Waals surface area contributed by atoms with Crippen LogP contribution in [0.25, 0.3) is 11.4 Å². The number of nitro benzene ring substituents is 1. The number of nitro groups is 1. The van der Waals surface area contributed by atoms with Gasteiger partial charge in [-0.05, 0) is 25.8 Å². The molecule has 0 unspecified atom stereocenters. The average Bonchev–Trinajstić information content (AvgIpc) is 3.25. The SMILES string of the molecule is Cc1ccc(-c2noc([C@H]3CCCN(S(=O)(=O)c4cccc([N+](=O)[O-])c4)C3)n2)cc1. The van der Waals surface area contributed by atoms with Crippen molar-refractivity contribution in [3.8, 4) is 11.4 Å². The zero-order chi connectivity index (χ0) is 21.3. The maximum absolute atomic E-state index is 13.0. The molecule has 2 heterocycles. The third-order valence-electron chi connectivity index (χ3n) is 5.15. The molecule has 0 aliphatic carbocycles. The van der Waals surface area contributed by atoms with Crippen LogP contribution in [0.4, 0.5) is 5.69 Å². The third kappa shape index (κ3) is 3.96. The molecule has 0 bridgehead atoms. The van der Waals surface area contributed by atoms with Crippen LogP contribution in [0.5, 0.6) is 0 Å². The van der Waals surface area contributed by atoms with Gasteiger partial charge in [-0.25, -0.2) is 8.42 Å². The standard InChI is InChI=1S/C20H20N4O5S/c1-14-7-9-15(10-8-14)19-21-20(29-22-19)16-4-3-11-23(13-16)30(27,28)18-6-2-5-17(12-18)24(25)26/h2,5-10,12,16H,3-4,11,13H2,1H3/t16-/m0/s1. The Bertz CT molecular complexity index is 1170. The lowest BCUT2D eigenvalue weighted by Gasteiger charge is -2.30. The van der Waals surface area contributed by atoms with Crippen molar-refractivity contribution in [2.24, 2.45) is 0 Å². The highest BCUT2D eigenvalue weighted by Gasteiger charge is 2.34. The van der Waals surface area contributed by atoms with Crippen LogP contribution in [0.2, 0.25) is 0 Å². The van der Waals surface area contributed by atoms with Crippen molar-refractivity contribution < 1.29 is 17.9 Å². The Morgan fingerprint density at radius 1 is 1.20 bits per heavy atom. The normalized spacial score (nSPS) is 17.7. The lowest BCUT2D eigenvalue weighted by Crippen LogP contribution is -2.39. The van der Waals surface area contributed by atoms with E-state index in [1.54, 1.807) is 0 Å². The first-order chi connectivity index (χ1) is 14.3. The van der Waals surface area contributed by atoms with Crippen LogP contribution in [0, 0.1) is 17.0 Å². The monoisotopic (exact) mass is 428 g/mol. The summed E-state index contributed by atoms with van der Waals surface area (Å²) in [6.07, 6.45) is 1.34. The van der Waals surface area contributed by atoms with Gasteiger partial charge in [0.2, 0.25) is 21.7 Å². The van der Waals surface area contributed by atoms with Crippen LogP contribution in [0.1, 0.15) is 30.2 Å². The van der Waals surface area contributed by atoms with Gasteiger partial charge in [-0.15, -0.1) is 0 Å². The highest BCUT2D eigenvalue weighted by atomic mass is 32.2. The number of aromatic nitrogens is 2. The summed E-state index contributed by atoms with van der Waals surface area (Å²) in [6, 6.07) is 12.8. The summed E-state index contributed by atoms with van der Waals surface area (Å²) < 4.78 is 32.8. The maximum atomic E-state index is 13.0. The van der Waals surface area contributed by atoms with Gasteiger partial charge in [-0.2, -0.15) is 9.29 Å². The van der Waals surface area contributed by atoms with Crippen molar-refractivity contribution in [3.63, 3.8) is 0 Å². The molecule has 10 heteroatoms. The van der Waals surface area contributed by atoms with Gasteiger partial charge in [0.05, 0.1) is 15.7 Å². The van der Waals surface area contributed by atoms with E-state index in [1.165, 1.54) is 22.5 Å². The molecule has 0 amide bonds. The van der Waals surface area contributed by atoms with Crippen LogP contribution in [-0.4, -0.2) is 40.9 Å². The van der Waals surface area contributed by atoms with E-state index in [4.69, 9.17) is 4.52 Å². The van der Waals surface area contributed by atoms with Gasteiger partial charge in [-0.1, -0.05) is 41.1 Å². The second-order valence-corrected chi connectivity index (χ2v) is 9.22. The first-order valence-electron chi connectivity index (χ1n) is 9.50. The fraction of sp³-hybridized carbons (Fsp3) is 0.300. The van der Waals surface area contributed by atoms with E-state index in [0.717, 1.165) is 23.6 Å². The van der Waals surface area contributed by atoms with Crippen molar-refractivity contribution >= 4 is 15.7 Å². The van der Waals surface area contributed by atoms with Crippen LogP contribution < -0.4 is 0 Å². The third-order valence-corrected chi connectivity index (χ3v) is 7.01. The molecule has 1 saturated heterocycles. The summed E-state index contributed by atoms with van der Waals surface area (Å²) in [6.45, 7) is 2.50. The number of aryl methyl sites for hydroxylation is 1. The maximum Gasteiger partial charge on any atom is 0.270 e. The highest BCUT2D eigenvalue weighted by Crippen LogP contribution is 2.31. The molecular weight excluding hydrogens is 408 g/mol. The number of hydrogen-bond acceptors (Lipinski definition) is 7. The van der Waals surface area contributed by atoms with Gasteiger partial charge in [0.1, 0.15) is 0 Å². The van der Waals surface area contributed by atoms with Crippen LogP contribution in [0.3, 0.4) is 0 Å². The molecule has 2 aromatic carbocycles. The van der Waals surface area contributed by atoms with Crippen molar-refractivity contribution in [3.05, 3.63) is 70.1 Å². The largest absolute Gasteiger partial charge is 0.339 e. The molecule has 1 aliphatic heterocycles. The summed E-state index contributed by atoms with van der Waals surface area (Å²) in [4.78, 5) is 14.8. The Balaban J connectivity index is 1.55. The number of benzene rings is 2. The Morgan fingerprint density at radius 3 is 2.70 bits per heavy atom. The molecule has 1 atom stereocenters. The van der Waals surface area contributed by atoms with Gasteiger partial charge < -0.3 is 4.52 Å². The summed E-state index contributed by atoms with van der Waals surface area (Å²) in [7, 11) is -3.87. The lowest BCUT2D eigenvalue weighted by molar-refractivity contribution is -0.385. The van der Waals surface area contributed by atoms with E-state index in [0.29, 0.717) is 24.7 Å². The van der Waals surface area contributed by atoms with Crippen molar-refractivity contribution in [2.75, 3.05) is 13.1 Å². The molecule has 1 aromatic heterocycles. The minimum Gasteiger partial charge on any atom is -0.339 e. The second-order valence-electron chi connectivity index (χ2n) is 7.28. The summed E-state index contributed by atoms with van der Waals surface area (Å²) in [5.74, 6) is 0.618. The van der Waals surface area contributed by atoms with Crippen molar-refractivity contribution in [2.45, 2.75) is 30.6 Å². The molecule has 3 aromatic rings. The van der Waals surface area contributed by atoms with E-state index in [9.17, 15) is 18.5 Å². The molecule has 156 valence electrons. The topological polar surface area (TPSA) is 119 Å². The summed E-state index contributed by atoms with van der Waals surface area (Å²) in [5.41, 5.74) is 1.69. The van der Waals surface area contributed by atoms with E-state index in [2.05, 4.69) is 10.1 Å². The summed E-state index contributed by atoms with van der Waals surface area (Å²) >= 11 is 0. The van der Waals surface area contributed by atoms with E-state index < -0.39 is 14.9 Å². The number of nitrogens with zero attached hydrogens (tertiary/aromatic N) is 4. The average molecular weight is 428 g/mol. The number of sulfonamides is 1. The minimum absolute atomic E-state index is 0.0942. The first-order valence-corrected chi connectivity index (χ1v) is 10.9. The zero-order valence-electron chi connectivity index (χ0n) is 16.3. The van der Waals surface area contributed by atoms with Gasteiger partial charge in [0, 0.05) is 30.8 Å². The van der Waals surface area contributed by atoms with Crippen LogP contribution >= 0.6 is 0 Å². The zero-order valence-corrected chi connectivity index (χ0v) is 17.1. The Kier molecular flexibility index (Phi) is 5.35. The molecule has 1 aliphatic rings. The Labute approximate surface area is 173 Å². The molecule has 9 nitrogen and oxygen atoms in total. The van der Waals surface area contributed by atoms with Crippen molar-refractivity contribution in [1.29, 1.82) is 0 Å². The molecule has 4 rings (SSSR count). The fourth-order valence-electron chi connectivity index (χ4n) is 3.49. The molecular formula is C20H20N4O5S. The molecule has 0 spiro atoms. The minimum atomic E-state index is -3.87. The second kappa shape index (κ2) is 7.96. The molecule has 1 fully saturated rings. The highest BCUT2D eigenvalue weighted by molar-refractivity contribution is 7.89. The van der Waals surface area contributed by atoms with Gasteiger partial charge in [-0.3, -0.25) is 10.1 Å². The van der Waals surface area contributed by atoms with Crippen LogP contribution in [0.15, 0.2) is 57.9 Å². The van der Waals surface area contributed by atoms with Gasteiger partial charge >= 0.3 is 0 Å². The van der Waals surface area contributed by atoms with Crippen LogP contribution in [-0.2, 0) is 10.0 Å². The van der Waals surface area contributed by atoms with Gasteiger partial charge in [0.25, 0.3) is 5.69 Å². The lowest BCUT2D eigenvalue weighted by atomic mass is 10.00. The number of piperidine rings is 1. The molecule has 0 saturated carbocycles. The fourth-order valence-corrected chi connectivity index (χ4v) is 5.05. The van der Waals surface area contributed by atoms with E-state index in [1.807, 2.05) is 31.2 Å². The summed E-state index contributed by atoms with van der Waals surface area (Å²) in [5, 5.41) is 15.0. The van der Waals surface area contributed by atoms with E-state index >= 15 is 0 Å². The van der Waals surface area contributed by atoms with Crippen molar-refractivity contribution in [1.82, 2.24) is 14.4 Å². The predicted molar refractivity (Wildman–Crippen MR) is 108 cm³/mol. The number of hydrogen-bond donors (Lipinski definition) is 0. The molecule has 0 N–H and O–H groups in total. The first kappa shape index (κ1) is 20.2. The Morgan fingerprint density at radius 2 is 1.97 bits per heavy atom. The smallest absolute Gasteiger partial charge is 0.270 e. The molecule has 30 heavy (non-hydrogen) atoms. The Hall–Kier alpha value is -3.11. The van der Waals surface area contributed by atoms with Gasteiger partial charge in [0.15, 0.2) is 0 Å².